The molecule has 0 radical (unpaired) electrons. The maximum atomic E-state index is 13.6. The minimum Gasteiger partial charge on any atom is -0.376 e. The van der Waals surface area contributed by atoms with Crippen LogP contribution in [0.3, 0.4) is 0 Å². The summed E-state index contributed by atoms with van der Waals surface area (Å²) in [5.41, 5.74) is 3.46. The van der Waals surface area contributed by atoms with E-state index in [4.69, 9.17) is 4.74 Å². The van der Waals surface area contributed by atoms with Crippen LogP contribution in [0.4, 0.5) is 4.39 Å². The van der Waals surface area contributed by atoms with E-state index in [0.29, 0.717) is 37.4 Å². The number of carbonyl (C=O) groups excluding carboxylic acids is 2. The lowest BCUT2D eigenvalue weighted by molar-refractivity contribution is 0.0502. The number of fused-ring (bicyclic) bond motifs is 1. The summed E-state index contributed by atoms with van der Waals surface area (Å²) in [6.07, 6.45) is 4.00. The summed E-state index contributed by atoms with van der Waals surface area (Å²) in [6.45, 7) is 3.29. The van der Waals surface area contributed by atoms with Gasteiger partial charge in [-0.3, -0.25) is 9.59 Å². The van der Waals surface area contributed by atoms with Gasteiger partial charge in [0, 0.05) is 37.4 Å². The smallest absolute Gasteiger partial charge is 0.270 e. The van der Waals surface area contributed by atoms with Crippen molar-refractivity contribution >= 4 is 11.7 Å². The quantitative estimate of drug-likeness (QED) is 0.853. The molecule has 2 heterocycles. The third-order valence-corrected chi connectivity index (χ3v) is 5.65. The van der Waals surface area contributed by atoms with Crippen LogP contribution in [-0.4, -0.2) is 40.8 Å². The molecule has 1 aromatic carbocycles. The van der Waals surface area contributed by atoms with Crippen molar-refractivity contribution in [1.29, 1.82) is 0 Å². The zero-order chi connectivity index (χ0) is 19.7. The first kappa shape index (κ1) is 18.9. The van der Waals surface area contributed by atoms with E-state index in [0.717, 1.165) is 42.5 Å². The molecular formula is C22H25FN2O3. The second kappa shape index (κ2) is 7.87. The van der Waals surface area contributed by atoms with Gasteiger partial charge >= 0.3 is 0 Å². The minimum atomic E-state index is -0.320. The van der Waals surface area contributed by atoms with Crippen molar-refractivity contribution in [3.8, 4) is 0 Å². The van der Waals surface area contributed by atoms with Crippen LogP contribution >= 0.6 is 0 Å². The Hall–Kier alpha value is -2.47. The van der Waals surface area contributed by atoms with Gasteiger partial charge in [-0.05, 0) is 55.9 Å². The topological polar surface area (TPSA) is 62.4 Å². The highest BCUT2D eigenvalue weighted by molar-refractivity contribution is 6.04. The molecule has 4 rings (SSSR count). The van der Waals surface area contributed by atoms with Crippen molar-refractivity contribution in [1.82, 2.24) is 9.88 Å². The number of halogens is 1. The molecule has 1 amide bonds. The molecule has 6 heteroatoms. The van der Waals surface area contributed by atoms with Gasteiger partial charge < -0.3 is 14.6 Å². The molecule has 1 fully saturated rings. The number of amides is 1. The Kier molecular flexibility index (Phi) is 5.31. The summed E-state index contributed by atoms with van der Waals surface area (Å²) >= 11 is 0. The first-order valence-corrected chi connectivity index (χ1v) is 9.93. The van der Waals surface area contributed by atoms with Gasteiger partial charge in [-0.1, -0.05) is 12.1 Å². The molecule has 28 heavy (non-hydrogen) atoms. The van der Waals surface area contributed by atoms with Crippen LogP contribution in [0.25, 0.3) is 0 Å². The summed E-state index contributed by atoms with van der Waals surface area (Å²) < 4.78 is 19.4. The molecule has 0 saturated carbocycles. The van der Waals surface area contributed by atoms with Crippen LogP contribution in [0, 0.1) is 12.7 Å². The molecule has 0 spiro atoms. The van der Waals surface area contributed by atoms with E-state index >= 15 is 0 Å². The third kappa shape index (κ3) is 3.74. The van der Waals surface area contributed by atoms with Gasteiger partial charge in [0.05, 0.1) is 6.10 Å². The highest BCUT2D eigenvalue weighted by atomic mass is 19.1. The van der Waals surface area contributed by atoms with Crippen LogP contribution in [0.2, 0.25) is 0 Å². The number of nitrogens with one attached hydrogen (secondary N) is 1. The number of benzene rings is 1. The van der Waals surface area contributed by atoms with Gasteiger partial charge in [-0.15, -0.1) is 0 Å². The first-order valence-electron chi connectivity index (χ1n) is 9.93. The van der Waals surface area contributed by atoms with Crippen LogP contribution < -0.4 is 0 Å². The maximum absolute atomic E-state index is 13.6. The Bertz CT molecular complexity index is 899. The average molecular weight is 384 g/mol. The zero-order valence-corrected chi connectivity index (χ0v) is 16.1. The molecule has 1 N–H and O–H groups in total. The second-order valence-electron chi connectivity index (χ2n) is 7.71. The number of carbonyl (C=O) groups is 2. The lowest BCUT2D eigenvalue weighted by atomic mass is 9.93. The summed E-state index contributed by atoms with van der Waals surface area (Å²) in [7, 11) is 0. The average Bonchev–Trinajstić information content (AvgIpc) is 3.29. The van der Waals surface area contributed by atoms with Gasteiger partial charge in [-0.2, -0.15) is 0 Å². The monoisotopic (exact) mass is 384 g/mol. The van der Waals surface area contributed by atoms with E-state index in [-0.39, 0.29) is 23.6 Å². The molecule has 148 valence electrons. The number of aryl methyl sites for hydroxylation is 1. The Morgan fingerprint density at radius 3 is 2.89 bits per heavy atom. The summed E-state index contributed by atoms with van der Waals surface area (Å²) in [5, 5.41) is 0. The third-order valence-electron chi connectivity index (χ3n) is 5.65. The predicted molar refractivity (Wildman–Crippen MR) is 103 cm³/mol. The molecule has 1 aromatic heterocycles. The van der Waals surface area contributed by atoms with Gasteiger partial charge in [0.25, 0.3) is 5.91 Å². The van der Waals surface area contributed by atoms with Crippen LogP contribution in [0.15, 0.2) is 24.3 Å². The highest BCUT2D eigenvalue weighted by Gasteiger charge is 2.30. The number of hydrogen-bond acceptors (Lipinski definition) is 3. The van der Waals surface area contributed by atoms with Crippen molar-refractivity contribution in [3.05, 3.63) is 58.2 Å². The fourth-order valence-corrected chi connectivity index (χ4v) is 4.26. The van der Waals surface area contributed by atoms with Crippen molar-refractivity contribution < 1.29 is 18.7 Å². The normalized spacial score (nSPS) is 18.9. The van der Waals surface area contributed by atoms with Crippen LogP contribution in [0.5, 0.6) is 0 Å². The maximum Gasteiger partial charge on any atom is 0.270 e. The van der Waals surface area contributed by atoms with Gasteiger partial charge in [-0.25, -0.2) is 4.39 Å². The molecule has 0 unspecified atom stereocenters. The number of aromatic nitrogens is 1. The molecule has 2 aromatic rings. The van der Waals surface area contributed by atoms with Gasteiger partial charge in [0.1, 0.15) is 11.5 Å². The highest BCUT2D eigenvalue weighted by Crippen LogP contribution is 2.28. The molecule has 2 aliphatic rings. The Morgan fingerprint density at radius 1 is 1.32 bits per heavy atom. The molecule has 1 saturated heterocycles. The van der Waals surface area contributed by atoms with Crippen LogP contribution in [0.1, 0.15) is 63.4 Å². The molecule has 5 nitrogen and oxygen atoms in total. The number of nitrogens with zero attached hydrogens (tertiary/aromatic N) is 1. The summed E-state index contributed by atoms with van der Waals surface area (Å²) in [4.78, 5) is 30.6. The molecule has 1 atom stereocenters. The number of ether oxygens (including phenoxy) is 1. The van der Waals surface area contributed by atoms with Crippen LogP contribution in [-0.2, 0) is 17.7 Å². The fourth-order valence-electron chi connectivity index (χ4n) is 4.26. The second-order valence-corrected chi connectivity index (χ2v) is 7.71. The standard InChI is InChI=1S/C22H25FN2O3/c1-14-20-18(8-3-9-19(20)26)24-21(14)22(27)25(13-17-7-4-10-28-17)12-15-5-2-6-16(23)11-15/h2,5-6,11,17,24H,3-4,7-10,12-13H2,1H3/t17-/m0/s1. The molecule has 1 aliphatic carbocycles. The van der Waals surface area contributed by atoms with Crippen molar-refractivity contribution in [2.45, 2.75) is 51.7 Å². The van der Waals surface area contributed by atoms with Crippen molar-refractivity contribution in [2.75, 3.05) is 13.2 Å². The predicted octanol–water partition coefficient (Wildman–Crippen LogP) is 3.80. The number of Topliss-reactive ketones (excluding diaryl/α,β-unsaturated/α-hetero) is 1. The van der Waals surface area contributed by atoms with E-state index in [9.17, 15) is 14.0 Å². The molecular weight excluding hydrogens is 359 g/mol. The number of aromatic amines is 1. The van der Waals surface area contributed by atoms with Crippen molar-refractivity contribution in [3.63, 3.8) is 0 Å². The Labute approximate surface area is 163 Å². The van der Waals surface area contributed by atoms with E-state index in [1.807, 2.05) is 13.0 Å². The van der Waals surface area contributed by atoms with Gasteiger partial charge in [0.2, 0.25) is 0 Å². The molecule has 0 bridgehead atoms. The summed E-state index contributed by atoms with van der Waals surface area (Å²) in [6, 6.07) is 6.31. The van der Waals surface area contributed by atoms with E-state index < -0.39 is 0 Å². The summed E-state index contributed by atoms with van der Waals surface area (Å²) in [5.74, 6) is -0.386. The lowest BCUT2D eigenvalue weighted by Gasteiger charge is -2.25. The number of H-pyrrole nitrogens is 1. The minimum absolute atomic E-state index is 0.0102. The SMILES string of the molecule is Cc1c(C(=O)N(Cc2cccc(F)c2)C[C@@H]2CCCO2)[nH]c2c1C(=O)CCC2. The van der Waals surface area contributed by atoms with E-state index in [2.05, 4.69) is 4.98 Å². The van der Waals surface area contributed by atoms with Gasteiger partial charge in [0.15, 0.2) is 5.78 Å². The van der Waals surface area contributed by atoms with Crippen molar-refractivity contribution in [2.24, 2.45) is 0 Å². The van der Waals surface area contributed by atoms with E-state index in [1.165, 1.54) is 12.1 Å². The van der Waals surface area contributed by atoms with E-state index in [1.54, 1.807) is 11.0 Å². The molecule has 1 aliphatic heterocycles. The largest absolute Gasteiger partial charge is 0.376 e. The first-order chi connectivity index (χ1) is 13.5. The number of rotatable bonds is 5. The number of ketones is 1. The Balaban J connectivity index is 1.63. The Morgan fingerprint density at radius 2 is 2.18 bits per heavy atom. The number of hydrogen-bond donors (Lipinski definition) is 1. The lowest BCUT2D eigenvalue weighted by Crippen LogP contribution is -2.37. The zero-order valence-electron chi connectivity index (χ0n) is 16.1. The fraction of sp³-hybridized carbons (Fsp3) is 0.455.